The number of hydrogen-bond acceptors (Lipinski definition) is 5. The molecular weight excluding hydrogens is 168 g/mol. The van der Waals surface area contributed by atoms with E-state index in [0.29, 0.717) is 12.4 Å². The number of hydrogen-bond donors (Lipinski definition) is 1. The Kier molecular flexibility index (Phi) is 3.57. The van der Waals surface area contributed by atoms with Gasteiger partial charge in [-0.25, -0.2) is 4.98 Å². The van der Waals surface area contributed by atoms with Crippen LogP contribution in [0.25, 0.3) is 0 Å². The van der Waals surface area contributed by atoms with Gasteiger partial charge in [0.2, 0.25) is 5.95 Å². The Balaban J connectivity index is 2.83. The third-order valence-corrected chi connectivity index (χ3v) is 1.49. The van der Waals surface area contributed by atoms with Crippen molar-refractivity contribution >= 4 is 5.95 Å². The minimum atomic E-state index is 0.269. The fraction of sp³-hybridized carbons (Fsp3) is 0.625. The van der Waals surface area contributed by atoms with Crippen LogP contribution >= 0.6 is 0 Å². The van der Waals surface area contributed by atoms with Crippen LogP contribution in [0.1, 0.15) is 25.0 Å². The number of nitrogens with zero attached hydrogens (tertiary/aromatic N) is 3. The first-order valence-electron chi connectivity index (χ1n) is 4.24. The molecular formula is C8H14N4O. The summed E-state index contributed by atoms with van der Waals surface area (Å²) in [6.07, 6.45) is 1.82. The molecule has 0 atom stereocenters. The Morgan fingerprint density at radius 3 is 2.54 bits per heavy atom. The zero-order valence-electron chi connectivity index (χ0n) is 7.95. The van der Waals surface area contributed by atoms with Crippen molar-refractivity contribution in [2.45, 2.75) is 26.4 Å². The summed E-state index contributed by atoms with van der Waals surface area (Å²) in [7, 11) is 1.60. The first-order valence-corrected chi connectivity index (χ1v) is 4.24. The number of nitrogen functional groups attached to an aromatic ring is 1. The summed E-state index contributed by atoms with van der Waals surface area (Å²) in [6, 6.07) is 0. The quantitative estimate of drug-likeness (QED) is 0.736. The highest BCUT2D eigenvalue weighted by Gasteiger charge is 2.02. The highest BCUT2D eigenvalue weighted by molar-refractivity contribution is 5.15. The minimum absolute atomic E-state index is 0.269. The molecule has 2 N–H and O–H groups in total. The molecule has 0 saturated carbocycles. The molecule has 0 amide bonds. The Labute approximate surface area is 77.4 Å². The smallest absolute Gasteiger partial charge is 0.223 e. The Hall–Kier alpha value is -1.23. The van der Waals surface area contributed by atoms with Crippen molar-refractivity contribution in [3.8, 4) is 0 Å². The van der Waals surface area contributed by atoms with E-state index in [9.17, 15) is 0 Å². The van der Waals surface area contributed by atoms with Crippen molar-refractivity contribution in [3.05, 3.63) is 11.6 Å². The maximum atomic E-state index is 5.50. The molecule has 0 saturated heterocycles. The second kappa shape index (κ2) is 4.71. The standard InChI is InChI=1S/C8H14N4O/c1-3-4-6-10-7(5-13-2)12-8(9)11-6/h3-5H2,1-2H3,(H2,9,10,11,12). The molecule has 1 aromatic heterocycles. The van der Waals surface area contributed by atoms with Gasteiger partial charge < -0.3 is 10.5 Å². The van der Waals surface area contributed by atoms with Crippen LogP contribution < -0.4 is 5.73 Å². The number of methoxy groups -OCH3 is 1. The molecule has 0 aliphatic carbocycles. The summed E-state index contributed by atoms with van der Waals surface area (Å²) in [5.41, 5.74) is 5.50. The molecule has 1 rings (SSSR count). The van der Waals surface area contributed by atoms with E-state index < -0.39 is 0 Å². The first-order chi connectivity index (χ1) is 6.26. The zero-order chi connectivity index (χ0) is 9.68. The van der Waals surface area contributed by atoms with Gasteiger partial charge >= 0.3 is 0 Å². The normalized spacial score (nSPS) is 10.3. The average molecular weight is 182 g/mol. The fourth-order valence-corrected chi connectivity index (χ4v) is 1.02. The van der Waals surface area contributed by atoms with Crippen LogP contribution in [0.2, 0.25) is 0 Å². The van der Waals surface area contributed by atoms with Crippen molar-refractivity contribution in [2.75, 3.05) is 12.8 Å². The number of aryl methyl sites for hydroxylation is 1. The Bertz CT molecular complexity index is 253. The summed E-state index contributed by atoms with van der Waals surface area (Å²) in [5.74, 6) is 1.60. The third-order valence-electron chi connectivity index (χ3n) is 1.49. The van der Waals surface area contributed by atoms with E-state index in [1.165, 1.54) is 0 Å². The summed E-state index contributed by atoms with van der Waals surface area (Å²) in [4.78, 5) is 12.1. The number of anilines is 1. The van der Waals surface area contributed by atoms with E-state index in [1.54, 1.807) is 7.11 Å². The molecule has 13 heavy (non-hydrogen) atoms. The van der Waals surface area contributed by atoms with Crippen LogP contribution in [0.3, 0.4) is 0 Å². The summed E-state index contributed by atoms with van der Waals surface area (Å²) >= 11 is 0. The van der Waals surface area contributed by atoms with Gasteiger partial charge in [-0.15, -0.1) is 0 Å². The number of ether oxygens (including phenoxy) is 1. The van der Waals surface area contributed by atoms with Gasteiger partial charge in [-0.2, -0.15) is 9.97 Å². The van der Waals surface area contributed by atoms with Gasteiger partial charge in [0.25, 0.3) is 0 Å². The lowest BCUT2D eigenvalue weighted by molar-refractivity contribution is 0.177. The predicted octanol–water partition coefficient (Wildman–Crippen LogP) is 0.553. The van der Waals surface area contributed by atoms with E-state index in [4.69, 9.17) is 10.5 Å². The maximum Gasteiger partial charge on any atom is 0.223 e. The topological polar surface area (TPSA) is 73.9 Å². The van der Waals surface area contributed by atoms with Gasteiger partial charge in [-0.1, -0.05) is 6.92 Å². The molecule has 1 heterocycles. The lowest BCUT2D eigenvalue weighted by Crippen LogP contribution is -2.07. The molecule has 5 nitrogen and oxygen atoms in total. The zero-order valence-corrected chi connectivity index (χ0v) is 7.95. The monoisotopic (exact) mass is 182 g/mol. The number of nitrogens with two attached hydrogens (primary N) is 1. The lowest BCUT2D eigenvalue weighted by atomic mass is 10.3. The molecule has 0 spiro atoms. The van der Waals surface area contributed by atoms with E-state index in [0.717, 1.165) is 18.7 Å². The van der Waals surface area contributed by atoms with Gasteiger partial charge in [-0.3, -0.25) is 0 Å². The van der Waals surface area contributed by atoms with Crippen molar-refractivity contribution < 1.29 is 4.74 Å². The van der Waals surface area contributed by atoms with Gasteiger partial charge in [0.05, 0.1) is 0 Å². The van der Waals surface area contributed by atoms with Crippen LogP contribution in [0.5, 0.6) is 0 Å². The molecule has 0 unspecified atom stereocenters. The van der Waals surface area contributed by atoms with E-state index in [1.807, 2.05) is 0 Å². The average Bonchev–Trinajstić information content (AvgIpc) is 2.04. The van der Waals surface area contributed by atoms with Gasteiger partial charge in [0.1, 0.15) is 12.4 Å². The van der Waals surface area contributed by atoms with Crippen LogP contribution in [-0.4, -0.2) is 22.1 Å². The van der Waals surface area contributed by atoms with Gasteiger partial charge in [-0.05, 0) is 6.42 Å². The second-order valence-corrected chi connectivity index (χ2v) is 2.71. The van der Waals surface area contributed by atoms with E-state index in [2.05, 4.69) is 21.9 Å². The van der Waals surface area contributed by atoms with Crippen molar-refractivity contribution in [3.63, 3.8) is 0 Å². The second-order valence-electron chi connectivity index (χ2n) is 2.71. The fourth-order valence-electron chi connectivity index (χ4n) is 1.02. The number of rotatable bonds is 4. The maximum absolute atomic E-state index is 5.50. The predicted molar refractivity (Wildman–Crippen MR) is 48.9 cm³/mol. The van der Waals surface area contributed by atoms with E-state index >= 15 is 0 Å². The van der Waals surface area contributed by atoms with Crippen LogP contribution in [-0.2, 0) is 17.8 Å². The molecule has 5 heteroatoms. The molecule has 0 aromatic carbocycles. The third kappa shape index (κ3) is 2.95. The Morgan fingerprint density at radius 2 is 1.92 bits per heavy atom. The van der Waals surface area contributed by atoms with Crippen molar-refractivity contribution in [2.24, 2.45) is 0 Å². The van der Waals surface area contributed by atoms with Crippen LogP contribution in [0, 0.1) is 0 Å². The van der Waals surface area contributed by atoms with Gasteiger partial charge in [0.15, 0.2) is 5.82 Å². The highest BCUT2D eigenvalue weighted by atomic mass is 16.5. The summed E-state index contributed by atoms with van der Waals surface area (Å²) in [5, 5.41) is 0. The molecule has 0 radical (unpaired) electrons. The SMILES string of the molecule is CCCc1nc(N)nc(COC)n1. The van der Waals surface area contributed by atoms with Crippen molar-refractivity contribution in [1.82, 2.24) is 15.0 Å². The Morgan fingerprint density at radius 1 is 1.23 bits per heavy atom. The lowest BCUT2D eigenvalue weighted by Gasteiger charge is -2.02. The highest BCUT2D eigenvalue weighted by Crippen LogP contribution is 2.01. The molecule has 0 aliphatic heterocycles. The molecule has 0 fully saturated rings. The molecule has 0 aliphatic rings. The minimum Gasteiger partial charge on any atom is -0.377 e. The summed E-state index contributed by atoms with van der Waals surface area (Å²) in [6.45, 7) is 2.44. The van der Waals surface area contributed by atoms with E-state index in [-0.39, 0.29) is 5.95 Å². The molecule has 72 valence electrons. The van der Waals surface area contributed by atoms with Gasteiger partial charge in [0, 0.05) is 13.5 Å². The first kappa shape index (κ1) is 9.85. The van der Waals surface area contributed by atoms with Crippen LogP contribution in [0.4, 0.5) is 5.95 Å². The summed E-state index contributed by atoms with van der Waals surface area (Å²) < 4.78 is 4.91. The van der Waals surface area contributed by atoms with Crippen LogP contribution in [0.15, 0.2) is 0 Å². The largest absolute Gasteiger partial charge is 0.377 e. The number of aromatic nitrogens is 3. The van der Waals surface area contributed by atoms with Crippen molar-refractivity contribution in [1.29, 1.82) is 0 Å². The molecule has 1 aromatic rings. The molecule has 0 bridgehead atoms.